The average molecular weight is 319 g/mol. The number of esters is 1. The van der Waals surface area contributed by atoms with E-state index in [0.717, 1.165) is 5.69 Å². The van der Waals surface area contributed by atoms with Crippen molar-refractivity contribution in [1.82, 2.24) is 4.57 Å². The van der Waals surface area contributed by atoms with Crippen LogP contribution >= 0.6 is 0 Å². The fraction of sp³-hybridized carbons (Fsp3) is 0.625. The van der Waals surface area contributed by atoms with Gasteiger partial charge in [0.2, 0.25) is 0 Å². The summed E-state index contributed by atoms with van der Waals surface area (Å²) in [6.07, 6.45) is 1.23. The van der Waals surface area contributed by atoms with Crippen LogP contribution in [0.5, 0.6) is 0 Å². The molecule has 0 N–H and O–H groups in total. The maximum atomic E-state index is 12.5. The first-order chi connectivity index (χ1) is 10.7. The summed E-state index contributed by atoms with van der Waals surface area (Å²) in [7, 11) is 0.764. The number of carbonyl (C=O) groups excluding carboxylic acids is 1. The average Bonchev–Trinajstić information content (AvgIpc) is 2.97. The molecule has 6 nitrogen and oxygen atoms in total. The van der Waals surface area contributed by atoms with E-state index < -0.39 is 24.4 Å². The van der Waals surface area contributed by atoms with Crippen molar-refractivity contribution in [2.24, 2.45) is 0 Å². The fourth-order valence-corrected chi connectivity index (χ4v) is 3.09. The van der Waals surface area contributed by atoms with Crippen LogP contribution in [0, 0.1) is 0 Å². The molecule has 0 aromatic carbocycles. The van der Waals surface area contributed by atoms with Gasteiger partial charge in [0.25, 0.3) is 5.56 Å². The van der Waals surface area contributed by atoms with Crippen molar-refractivity contribution in [2.75, 3.05) is 7.11 Å². The van der Waals surface area contributed by atoms with Gasteiger partial charge in [-0.05, 0) is 52.1 Å². The lowest BCUT2D eigenvalue weighted by Gasteiger charge is -2.32. The standard InChI is InChI=1S/C16H22BNO5/c1-15(2)16(3,4)23-17(22-15)10-8-11-6-7-12(14(20)21-5)18(11)13(19)9-10/h8-9,12H,6-7H2,1-5H3/t12-/m0/s1. The number of hydrogen-bond acceptors (Lipinski definition) is 5. The molecular formula is C16H22BNO5. The summed E-state index contributed by atoms with van der Waals surface area (Å²) >= 11 is 0. The lowest BCUT2D eigenvalue weighted by atomic mass is 9.79. The molecule has 2 aliphatic rings. The predicted octanol–water partition coefficient (Wildman–Crippen LogP) is 0.808. The van der Waals surface area contributed by atoms with E-state index in [2.05, 4.69) is 0 Å². The molecule has 0 spiro atoms. The minimum atomic E-state index is -0.573. The highest BCUT2D eigenvalue weighted by atomic mass is 16.7. The van der Waals surface area contributed by atoms with Crippen LogP contribution in [0.4, 0.5) is 0 Å². The van der Waals surface area contributed by atoms with Gasteiger partial charge in [-0.25, -0.2) is 4.79 Å². The molecule has 23 heavy (non-hydrogen) atoms. The number of rotatable bonds is 2. The van der Waals surface area contributed by atoms with Crippen LogP contribution in [-0.4, -0.2) is 36.0 Å². The normalized spacial score (nSPS) is 24.6. The van der Waals surface area contributed by atoms with E-state index in [9.17, 15) is 9.59 Å². The third-order valence-corrected chi connectivity index (χ3v) is 5.15. The highest BCUT2D eigenvalue weighted by molar-refractivity contribution is 6.62. The Bertz CT molecular complexity index is 693. The summed E-state index contributed by atoms with van der Waals surface area (Å²) in [4.78, 5) is 24.3. The van der Waals surface area contributed by atoms with Crippen molar-refractivity contribution in [3.05, 3.63) is 28.2 Å². The van der Waals surface area contributed by atoms with Crippen LogP contribution in [0.2, 0.25) is 0 Å². The molecule has 3 heterocycles. The molecule has 1 fully saturated rings. The summed E-state index contributed by atoms with van der Waals surface area (Å²) in [5.41, 5.74) is 0.381. The maximum Gasteiger partial charge on any atom is 0.495 e. The number of aromatic nitrogens is 1. The monoisotopic (exact) mass is 319 g/mol. The zero-order valence-electron chi connectivity index (χ0n) is 14.2. The molecule has 0 radical (unpaired) electrons. The second-order valence-electron chi connectivity index (χ2n) is 7.15. The molecule has 0 saturated carbocycles. The second-order valence-corrected chi connectivity index (χ2v) is 7.15. The largest absolute Gasteiger partial charge is 0.495 e. The number of methoxy groups -OCH3 is 1. The van der Waals surface area contributed by atoms with Gasteiger partial charge in [-0.2, -0.15) is 0 Å². The molecule has 0 aliphatic carbocycles. The highest BCUT2D eigenvalue weighted by Gasteiger charge is 2.52. The van der Waals surface area contributed by atoms with Crippen molar-refractivity contribution < 1.29 is 18.8 Å². The molecule has 2 aliphatic heterocycles. The third-order valence-electron chi connectivity index (χ3n) is 5.15. The number of hydrogen-bond donors (Lipinski definition) is 0. The lowest BCUT2D eigenvalue weighted by molar-refractivity contribution is -0.144. The van der Waals surface area contributed by atoms with Gasteiger partial charge < -0.3 is 14.0 Å². The Morgan fingerprint density at radius 3 is 2.43 bits per heavy atom. The first-order valence-electron chi connectivity index (χ1n) is 7.85. The summed E-state index contributed by atoms with van der Waals surface area (Å²) in [6.45, 7) is 7.89. The zero-order chi connectivity index (χ0) is 17.0. The first-order valence-corrected chi connectivity index (χ1v) is 7.85. The smallest absolute Gasteiger partial charge is 0.467 e. The van der Waals surface area contributed by atoms with Crippen LogP contribution in [-0.2, 0) is 25.3 Å². The molecular weight excluding hydrogens is 297 g/mol. The van der Waals surface area contributed by atoms with Gasteiger partial charge in [0.1, 0.15) is 6.04 Å². The van der Waals surface area contributed by atoms with Gasteiger partial charge in [0.15, 0.2) is 0 Å². The Labute approximate surface area is 135 Å². The van der Waals surface area contributed by atoms with Crippen molar-refractivity contribution in [2.45, 2.75) is 57.8 Å². The third kappa shape index (κ3) is 2.52. The van der Waals surface area contributed by atoms with E-state index in [1.807, 2.05) is 33.8 Å². The van der Waals surface area contributed by atoms with Gasteiger partial charge in [-0.1, -0.05) is 0 Å². The molecule has 0 unspecified atom stereocenters. The Kier molecular flexibility index (Phi) is 3.68. The van der Waals surface area contributed by atoms with Crippen LogP contribution in [0.3, 0.4) is 0 Å². The van der Waals surface area contributed by atoms with Gasteiger partial charge in [-0.3, -0.25) is 9.36 Å². The second kappa shape index (κ2) is 5.21. The van der Waals surface area contributed by atoms with Crippen LogP contribution < -0.4 is 11.0 Å². The van der Waals surface area contributed by atoms with Gasteiger partial charge in [0.05, 0.1) is 18.3 Å². The highest BCUT2D eigenvalue weighted by Crippen LogP contribution is 2.36. The lowest BCUT2D eigenvalue weighted by Crippen LogP contribution is -2.41. The SMILES string of the molecule is COC(=O)[C@@H]1CCc2cc(B3OC(C)(C)C(C)(C)O3)cc(=O)n21. The zero-order valence-corrected chi connectivity index (χ0v) is 14.2. The van der Waals surface area contributed by atoms with E-state index in [1.54, 1.807) is 0 Å². The number of nitrogens with zero attached hydrogens (tertiary/aromatic N) is 1. The molecule has 1 aromatic rings. The Hall–Kier alpha value is -1.60. The van der Waals surface area contributed by atoms with E-state index >= 15 is 0 Å². The van der Waals surface area contributed by atoms with Crippen molar-refractivity contribution in [1.29, 1.82) is 0 Å². The molecule has 124 valence electrons. The van der Waals surface area contributed by atoms with Gasteiger partial charge in [0, 0.05) is 11.8 Å². The molecule has 0 bridgehead atoms. The van der Waals surface area contributed by atoms with E-state index in [4.69, 9.17) is 14.0 Å². The van der Waals surface area contributed by atoms with E-state index in [0.29, 0.717) is 18.3 Å². The summed E-state index contributed by atoms with van der Waals surface area (Å²) < 4.78 is 18.3. The fourth-order valence-electron chi connectivity index (χ4n) is 3.09. The molecule has 1 atom stereocenters. The minimum absolute atomic E-state index is 0.222. The van der Waals surface area contributed by atoms with Crippen molar-refractivity contribution in [3.8, 4) is 0 Å². The Morgan fingerprint density at radius 1 is 1.26 bits per heavy atom. The number of ether oxygens (including phenoxy) is 1. The maximum absolute atomic E-state index is 12.5. The number of pyridine rings is 1. The van der Waals surface area contributed by atoms with Crippen molar-refractivity contribution >= 4 is 18.6 Å². The quantitative estimate of drug-likeness (QED) is 0.596. The Balaban J connectivity index is 1.96. The predicted molar refractivity (Wildman–Crippen MR) is 85.8 cm³/mol. The minimum Gasteiger partial charge on any atom is -0.467 e. The van der Waals surface area contributed by atoms with Gasteiger partial charge >= 0.3 is 13.1 Å². The molecule has 7 heteroatoms. The summed E-state index contributed by atoms with van der Waals surface area (Å²) in [5, 5.41) is 0. The first kappa shape index (κ1) is 16.3. The Morgan fingerprint density at radius 2 is 1.87 bits per heavy atom. The molecule has 1 aromatic heterocycles. The van der Waals surface area contributed by atoms with Crippen molar-refractivity contribution in [3.63, 3.8) is 0 Å². The van der Waals surface area contributed by atoms with Crippen LogP contribution in [0.25, 0.3) is 0 Å². The summed E-state index contributed by atoms with van der Waals surface area (Å²) in [6, 6.07) is 2.86. The van der Waals surface area contributed by atoms with Crippen LogP contribution in [0.15, 0.2) is 16.9 Å². The molecule has 1 saturated heterocycles. The van der Waals surface area contributed by atoms with Crippen LogP contribution in [0.1, 0.15) is 45.9 Å². The van der Waals surface area contributed by atoms with E-state index in [-0.39, 0.29) is 11.5 Å². The van der Waals surface area contributed by atoms with E-state index in [1.165, 1.54) is 17.7 Å². The topological polar surface area (TPSA) is 66.8 Å². The number of fused-ring (bicyclic) bond motifs is 1. The number of aryl methyl sites for hydroxylation is 1. The van der Waals surface area contributed by atoms with Gasteiger partial charge in [-0.15, -0.1) is 0 Å². The molecule has 3 rings (SSSR count). The molecule has 0 amide bonds. The number of carbonyl (C=O) groups is 1. The summed E-state index contributed by atoms with van der Waals surface area (Å²) in [5.74, 6) is -0.380.